The number of nitrogens with two attached hydrogens (primary N) is 1. The first-order valence-electron chi connectivity index (χ1n) is 7.05. The Kier molecular flexibility index (Phi) is 3.65. The van der Waals surface area contributed by atoms with Gasteiger partial charge in [-0.1, -0.05) is 61.5 Å². The van der Waals surface area contributed by atoms with E-state index in [0.717, 1.165) is 23.5 Å². The van der Waals surface area contributed by atoms with Crippen LogP contribution in [0.3, 0.4) is 0 Å². The van der Waals surface area contributed by atoms with E-state index >= 15 is 0 Å². The molecule has 1 aromatic heterocycles. The number of aromatic nitrogens is 2. The van der Waals surface area contributed by atoms with Gasteiger partial charge in [0.15, 0.2) is 0 Å². The van der Waals surface area contributed by atoms with E-state index in [0.29, 0.717) is 5.82 Å². The quantitative estimate of drug-likeness (QED) is 0.787. The zero-order valence-electron chi connectivity index (χ0n) is 12.0. The predicted octanol–water partition coefficient (Wildman–Crippen LogP) is 3.96. The molecule has 0 amide bonds. The highest BCUT2D eigenvalue weighted by Gasteiger charge is 2.05. The lowest BCUT2D eigenvalue weighted by Gasteiger charge is -2.06. The molecule has 21 heavy (non-hydrogen) atoms. The number of anilines is 1. The molecule has 0 bridgehead atoms. The molecule has 0 saturated carbocycles. The van der Waals surface area contributed by atoms with E-state index in [2.05, 4.69) is 46.4 Å². The zero-order valence-corrected chi connectivity index (χ0v) is 12.0. The summed E-state index contributed by atoms with van der Waals surface area (Å²) in [5, 5.41) is 0. The van der Waals surface area contributed by atoms with E-state index in [1.54, 1.807) is 0 Å². The Bertz CT molecular complexity index is 734. The van der Waals surface area contributed by atoms with Gasteiger partial charge in [-0.3, -0.25) is 0 Å². The number of benzene rings is 2. The molecule has 3 nitrogen and oxygen atoms in total. The molecule has 0 saturated heterocycles. The van der Waals surface area contributed by atoms with Crippen molar-refractivity contribution in [2.45, 2.75) is 13.3 Å². The summed E-state index contributed by atoms with van der Waals surface area (Å²) in [6.07, 6.45) is 0.778. The minimum Gasteiger partial charge on any atom is -0.384 e. The van der Waals surface area contributed by atoms with Crippen molar-refractivity contribution in [2.24, 2.45) is 0 Å². The SMILES string of the molecule is CCc1nc(N)cc(-c2ccc(-c3ccccc3)cc2)n1. The van der Waals surface area contributed by atoms with Crippen molar-refractivity contribution in [1.82, 2.24) is 9.97 Å². The molecule has 0 aliphatic heterocycles. The van der Waals surface area contributed by atoms with Gasteiger partial charge in [-0.25, -0.2) is 9.97 Å². The Hall–Kier alpha value is -2.68. The number of aryl methyl sites for hydroxylation is 1. The Labute approximate surface area is 124 Å². The molecule has 3 aromatic rings. The van der Waals surface area contributed by atoms with Gasteiger partial charge >= 0.3 is 0 Å². The third kappa shape index (κ3) is 2.92. The number of hydrogen-bond acceptors (Lipinski definition) is 3. The van der Waals surface area contributed by atoms with Crippen molar-refractivity contribution < 1.29 is 0 Å². The topological polar surface area (TPSA) is 51.8 Å². The lowest BCUT2D eigenvalue weighted by molar-refractivity contribution is 0.949. The molecule has 0 unspecified atom stereocenters. The molecule has 2 N–H and O–H groups in total. The van der Waals surface area contributed by atoms with E-state index in [1.165, 1.54) is 11.1 Å². The monoisotopic (exact) mass is 275 g/mol. The molecule has 104 valence electrons. The van der Waals surface area contributed by atoms with Crippen LogP contribution in [-0.2, 0) is 6.42 Å². The molecular weight excluding hydrogens is 258 g/mol. The second-order valence-electron chi connectivity index (χ2n) is 4.89. The Morgan fingerprint density at radius 3 is 2.10 bits per heavy atom. The predicted molar refractivity (Wildman–Crippen MR) is 86.7 cm³/mol. The van der Waals surface area contributed by atoms with Gasteiger partial charge in [0, 0.05) is 18.1 Å². The number of rotatable bonds is 3. The van der Waals surface area contributed by atoms with Gasteiger partial charge in [0.1, 0.15) is 11.6 Å². The molecule has 0 aliphatic rings. The van der Waals surface area contributed by atoms with Crippen molar-refractivity contribution in [3.63, 3.8) is 0 Å². The Morgan fingerprint density at radius 1 is 0.810 bits per heavy atom. The summed E-state index contributed by atoms with van der Waals surface area (Å²) >= 11 is 0. The van der Waals surface area contributed by atoms with Gasteiger partial charge in [0.2, 0.25) is 0 Å². The van der Waals surface area contributed by atoms with Crippen molar-refractivity contribution >= 4 is 5.82 Å². The number of nitrogen functional groups attached to an aromatic ring is 1. The van der Waals surface area contributed by atoms with Crippen LogP contribution in [0.15, 0.2) is 60.7 Å². The summed E-state index contributed by atoms with van der Waals surface area (Å²) in [5.41, 5.74) is 10.2. The summed E-state index contributed by atoms with van der Waals surface area (Å²) in [6.45, 7) is 2.02. The fraction of sp³-hybridized carbons (Fsp3) is 0.111. The molecule has 1 heterocycles. The van der Waals surface area contributed by atoms with Crippen LogP contribution in [0, 0.1) is 0 Å². The fourth-order valence-electron chi connectivity index (χ4n) is 2.29. The zero-order chi connectivity index (χ0) is 14.7. The van der Waals surface area contributed by atoms with Crippen LogP contribution in [-0.4, -0.2) is 9.97 Å². The fourth-order valence-corrected chi connectivity index (χ4v) is 2.29. The maximum absolute atomic E-state index is 5.84. The number of hydrogen-bond donors (Lipinski definition) is 1. The summed E-state index contributed by atoms with van der Waals surface area (Å²) in [5.74, 6) is 1.29. The highest BCUT2D eigenvalue weighted by atomic mass is 14.9. The van der Waals surface area contributed by atoms with Gasteiger partial charge in [-0.15, -0.1) is 0 Å². The van der Waals surface area contributed by atoms with E-state index in [4.69, 9.17) is 5.73 Å². The second kappa shape index (κ2) is 5.75. The molecule has 2 aromatic carbocycles. The lowest BCUT2D eigenvalue weighted by atomic mass is 10.0. The molecule has 0 fully saturated rings. The molecule has 3 rings (SSSR count). The smallest absolute Gasteiger partial charge is 0.131 e. The Morgan fingerprint density at radius 2 is 1.43 bits per heavy atom. The minimum atomic E-state index is 0.518. The molecule has 0 spiro atoms. The highest BCUT2D eigenvalue weighted by molar-refractivity contribution is 5.69. The third-order valence-electron chi connectivity index (χ3n) is 3.40. The van der Waals surface area contributed by atoms with Gasteiger partial charge in [0.05, 0.1) is 5.69 Å². The van der Waals surface area contributed by atoms with E-state index < -0.39 is 0 Å². The van der Waals surface area contributed by atoms with Crippen LogP contribution in [0.4, 0.5) is 5.82 Å². The first-order valence-corrected chi connectivity index (χ1v) is 7.05. The van der Waals surface area contributed by atoms with Crippen molar-refractivity contribution in [1.29, 1.82) is 0 Å². The maximum Gasteiger partial charge on any atom is 0.131 e. The summed E-state index contributed by atoms with van der Waals surface area (Å²) in [4.78, 5) is 8.74. The molecule has 0 aliphatic carbocycles. The van der Waals surface area contributed by atoms with E-state index in [1.807, 2.05) is 31.2 Å². The van der Waals surface area contributed by atoms with Crippen molar-refractivity contribution in [3.05, 3.63) is 66.5 Å². The first kappa shape index (κ1) is 13.3. The molecular formula is C18H17N3. The van der Waals surface area contributed by atoms with Gasteiger partial charge < -0.3 is 5.73 Å². The summed E-state index contributed by atoms with van der Waals surface area (Å²) in [7, 11) is 0. The van der Waals surface area contributed by atoms with Crippen LogP contribution < -0.4 is 5.73 Å². The average molecular weight is 275 g/mol. The second-order valence-corrected chi connectivity index (χ2v) is 4.89. The highest BCUT2D eigenvalue weighted by Crippen LogP contribution is 2.24. The summed E-state index contributed by atoms with van der Waals surface area (Å²) in [6, 6.07) is 20.5. The Balaban J connectivity index is 1.96. The van der Waals surface area contributed by atoms with Crippen LogP contribution >= 0.6 is 0 Å². The number of nitrogens with zero attached hydrogens (tertiary/aromatic N) is 2. The van der Waals surface area contributed by atoms with Crippen molar-refractivity contribution in [3.8, 4) is 22.4 Å². The maximum atomic E-state index is 5.84. The van der Waals surface area contributed by atoms with Crippen molar-refractivity contribution in [2.75, 3.05) is 5.73 Å². The standard InChI is InChI=1S/C18H17N3/c1-2-18-20-16(12-17(19)21-18)15-10-8-14(9-11-15)13-6-4-3-5-7-13/h3-12H,2H2,1H3,(H2,19,20,21). The van der Waals surface area contributed by atoms with Crippen LogP contribution in [0.1, 0.15) is 12.7 Å². The minimum absolute atomic E-state index is 0.518. The van der Waals surface area contributed by atoms with E-state index in [-0.39, 0.29) is 0 Å². The van der Waals surface area contributed by atoms with Gasteiger partial charge in [-0.2, -0.15) is 0 Å². The third-order valence-corrected chi connectivity index (χ3v) is 3.40. The molecule has 3 heteroatoms. The lowest BCUT2D eigenvalue weighted by Crippen LogP contribution is -2.00. The molecule has 0 radical (unpaired) electrons. The van der Waals surface area contributed by atoms with Crippen LogP contribution in [0.2, 0.25) is 0 Å². The van der Waals surface area contributed by atoms with Gasteiger partial charge in [0.25, 0.3) is 0 Å². The normalized spacial score (nSPS) is 10.5. The molecule has 0 atom stereocenters. The van der Waals surface area contributed by atoms with Gasteiger partial charge in [-0.05, 0) is 11.1 Å². The van der Waals surface area contributed by atoms with Crippen LogP contribution in [0.5, 0.6) is 0 Å². The average Bonchev–Trinajstić information content (AvgIpc) is 2.55. The first-order chi connectivity index (χ1) is 10.3. The van der Waals surface area contributed by atoms with Crippen LogP contribution in [0.25, 0.3) is 22.4 Å². The van der Waals surface area contributed by atoms with E-state index in [9.17, 15) is 0 Å². The largest absolute Gasteiger partial charge is 0.384 e. The summed E-state index contributed by atoms with van der Waals surface area (Å²) < 4.78 is 0.